The molecule has 2 aromatic carbocycles. The number of rotatable bonds is 3. The Bertz CT molecular complexity index is 868. The molecule has 1 saturated heterocycles. The van der Waals surface area contributed by atoms with Crippen LogP contribution in [0.3, 0.4) is 0 Å². The van der Waals surface area contributed by atoms with Gasteiger partial charge >= 0.3 is 0 Å². The molecule has 0 spiro atoms. The molecule has 0 aliphatic carbocycles. The van der Waals surface area contributed by atoms with Crippen LogP contribution < -0.4 is 0 Å². The number of amides is 1. The van der Waals surface area contributed by atoms with Crippen molar-refractivity contribution in [1.29, 1.82) is 0 Å². The lowest BCUT2D eigenvalue weighted by molar-refractivity contribution is 0.0718. The van der Waals surface area contributed by atoms with E-state index in [0.29, 0.717) is 5.56 Å². The van der Waals surface area contributed by atoms with Gasteiger partial charge in [-0.25, -0.2) is 0 Å². The van der Waals surface area contributed by atoms with Gasteiger partial charge in [-0.05, 0) is 47.8 Å². The first-order chi connectivity index (χ1) is 12.7. The molecule has 140 valence electrons. The van der Waals surface area contributed by atoms with Crippen molar-refractivity contribution in [3.63, 3.8) is 0 Å². The Labute approximate surface area is 166 Å². The standard InChI is InChI=1S/C23H25NO2S/c1-6-19-23(5,18-10-8-7-9-11-18)26-21(27)24(19)20(25)16-12-14-17(15-13-16)22(2,3)4/h6-15,19H,1H2,2-5H3/t19-,23+/m0/s1. The molecule has 1 fully saturated rings. The van der Waals surface area contributed by atoms with Gasteiger partial charge in [0, 0.05) is 5.56 Å². The number of ether oxygens (including phenoxy) is 1. The van der Waals surface area contributed by atoms with Crippen LogP contribution in [-0.4, -0.2) is 22.0 Å². The molecule has 1 heterocycles. The molecule has 1 amide bonds. The van der Waals surface area contributed by atoms with E-state index in [1.165, 1.54) is 10.5 Å². The van der Waals surface area contributed by atoms with Crippen LogP contribution in [-0.2, 0) is 15.8 Å². The SMILES string of the molecule is C=C[C@@H]1N(C(=O)c2ccc(C(C)(C)C)cc2)C(=S)O[C@]1(C)c1ccccc1. The summed E-state index contributed by atoms with van der Waals surface area (Å²) in [7, 11) is 0. The number of thiocarbonyl (C=S) groups is 1. The molecule has 3 nitrogen and oxygen atoms in total. The first-order valence-electron chi connectivity index (χ1n) is 9.03. The number of carbonyl (C=O) groups excluding carboxylic acids is 1. The highest BCUT2D eigenvalue weighted by Crippen LogP contribution is 2.40. The van der Waals surface area contributed by atoms with Crippen LogP contribution in [0.25, 0.3) is 0 Å². The zero-order valence-electron chi connectivity index (χ0n) is 16.2. The highest BCUT2D eigenvalue weighted by molar-refractivity contribution is 7.80. The van der Waals surface area contributed by atoms with Gasteiger partial charge in [0.1, 0.15) is 6.04 Å². The van der Waals surface area contributed by atoms with E-state index in [1.54, 1.807) is 6.08 Å². The Hall–Kier alpha value is -2.46. The van der Waals surface area contributed by atoms with Crippen molar-refractivity contribution in [2.75, 3.05) is 0 Å². The van der Waals surface area contributed by atoms with Gasteiger partial charge in [0.2, 0.25) is 0 Å². The van der Waals surface area contributed by atoms with E-state index >= 15 is 0 Å². The molecular formula is C23H25NO2S. The average Bonchev–Trinajstić information content (AvgIpc) is 2.92. The lowest BCUT2D eigenvalue weighted by atomic mass is 9.86. The predicted molar refractivity (Wildman–Crippen MR) is 113 cm³/mol. The summed E-state index contributed by atoms with van der Waals surface area (Å²) in [5.74, 6) is -0.176. The van der Waals surface area contributed by atoms with Crippen LogP contribution in [0.2, 0.25) is 0 Å². The second kappa shape index (κ2) is 6.93. The third kappa shape index (κ3) is 3.42. The minimum absolute atomic E-state index is 0.0309. The van der Waals surface area contributed by atoms with Gasteiger partial charge in [0.15, 0.2) is 5.60 Å². The van der Waals surface area contributed by atoms with Crippen LogP contribution in [0.4, 0.5) is 0 Å². The lowest BCUT2D eigenvalue weighted by Crippen LogP contribution is -2.43. The summed E-state index contributed by atoms with van der Waals surface area (Å²) >= 11 is 5.43. The third-order valence-corrected chi connectivity index (χ3v) is 5.41. The quantitative estimate of drug-likeness (QED) is 0.541. The van der Waals surface area contributed by atoms with E-state index in [2.05, 4.69) is 27.4 Å². The average molecular weight is 380 g/mol. The Morgan fingerprint density at radius 2 is 1.74 bits per heavy atom. The highest BCUT2D eigenvalue weighted by Gasteiger charge is 2.51. The molecule has 27 heavy (non-hydrogen) atoms. The molecule has 0 unspecified atom stereocenters. The van der Waals surface area contributed by atoms with Crippen molar-refractivity contribution < 1.29 is 9.53 Å². The zero-order chi connectivity index (χ0) is 19.8. The van der Waals surface area contributed by atoms with Gasteiger partial charge in [0.25, 0.3) is 11.1 Å². The summed E-state index contributed by atoms with van der Waals surface area (Å²) in [4.78, 5) is 14.7. The fourth-order valence-electron chi connectivity index (χ4n) is 3.44. The topological polar surface area (TPSA) is 29.5 Å². The predicted octanol–water partition coefficient (Wildman–Crippen LogP) is 5.21. The van der Waals surface area contributed by atoms with E-state index < -0.39 is 5.60 Å². The van der Waals surface area contributed by atoms with Crippen molar-refractivity contribution in [2.24, 2.45) is 0 Å². The molecule has 0 radical (unpaired) electrons. The number of carbonyl (C=O) groups is 1. The highest BCUT2D eigenvalue weighted by atomic mass is 32.1. The second-order valence-electron chi connectivity index (χ2n) is 8.02. The van der Waals surface area contributed by atoms with E-state index in [4.69, 9.17) is 17.0 Å². The maximum Gasteiger partial charge on any atom is 0.268 e. The Balaban J connectivity index is 1.95. The van der Waals surface area contributed by atoms with Gasteiger partial charge in [-0.2, -0.15) is 0 Å². The summed E-state index contributed by atoms with van der Waals surface area (Å²) in [6, 6.07) is 17.1. The largest absolute Gasteiger partial charge is 0.457 e. The Morgan fingerprint density at radius 3 is 2.26 bits per heavy atom. The van der Waals surface area contributed by atoms with Gasteiger partial charge in [-0.3, -0.25) is 9.69 Å². The first-order valence-corrected chi connectivity index (χ1v) is 9.44. The van der Waals surface area contributed by atoms with E-state index in [1.807, 2.05) is 61.5 Å². The molecule has 1 aliphatic rings. The summed E-state index contributed by atoms with van der Waals surface area (Å²) in [6.07, 6.45) is 1.73. The van der Waals surface area contributed by atoms with E-state index in [0.717, 1.165) is 5.56 Å². The second-order valence-corrected chi connectivity index (χ2v) is 8.37. The molecule has 0 bridgehead atoms. The lowest BCUT2D eigenvalue weighted by Gasteiger charge is -2.29. The van der Waals surface area contributed by atoms with Crippen LogP contribution >= 0.6 is 12.2 Å². The maximum absolute atomic E-state index is 13.2. The number of nitrogens with zero attached hydrogens (tertiary/aromatic N) is 1. The monoisotopic (exact) mass is 379 g/mol. The van der Waals surface area contributed by atoms with Crippen molar-refractivity contribution in [2.45, 2.75) is 44.8 Å². The smallest absolute Gasteiger partial charge is 0.268 e. The molecule has 0 saturated carbocycles. The van der Waals surface area contributed by atoms with Gasteiger partial charge in [-0.15, -0.1) is 6.58 Å². The number of hydrogen-bond donors (Lipinski definition) is 0. The summed E-state index contributed by atoms with van der Waals surface area (Å²) in [5.41, 5.74) is 1.98. The summed E-state index contributed by atoms with van der Waals surface area (Å²) in [5, 5.41) is 0.177. The van der Waals surface area contributed by atoms with Crippen molar-refractivity contribution in [1.82, 2.24) is 4.90 Å². The van der Waals surface area contributed by atoms with E-state index in [-0.39, 0.29) is 22.5 Å². The number of benzene rings is 2. The molecular weight excluding hydrogens is 354 g/mol. The van der Waals surface area contributed by atoms with Crippen molar-refractivity contribution >= 4 is 23.3 Å². The molecule has 3 rings (SSSR count). The van der Waals surface area contributed by atoms with E-state index in [9.17, 15) is 4.79 Å². The van der Waals surface area contributed by atoms with Crippen LogP contribution in [0.5, 0.6) is 0 Å². The normalized spacial score (nSPS) is 22.4. The fourth-order valence-corrected chi connectivity index (χ4v) is 3.81. The van der Waals surface area contributed by atoms with Crippen LogP contribution in [0, 0.1) is 0 Å². The molecule has 4 heteroatoms. The van der Waals surface area contributed by atoms with Crippen LogP contribution in [0.1, 0.15) is 49.2 Å². The zero-order valence-corrected chi connectivity index (χ0v) is 17.0. The third-order valence-electron chi connectivity index (χ3n) is 5.13. The minimum Gasteiger partial charge on any atom is -0.457 e. The van der Waals surface area contributed by atoms with Gasteiger partial charge in [0.05, 0.1) is 0 Å². The van der Waals surface area contributed by atoms with Crippen molar-refractivity contribution in [3.8, 4) is 0 Å². The minimum atomic E-state index is -0.763. The summed E-state index contributed by atoms with van der Waals surface area (Å²) in [6.45, 7) is 12.3. The number of hydrogen-bond acceptors (Lipinski definition) is 3. The molecule has 0 N–H and O–H groups in total. The van der Waals surface area contributed by atoms with Gasteiger partial charge in [-0.1, -0.05) is 69.3 Å². The van der Waals surface area contributed by atoms with Gasteiger partial charge < -0.3 is 4.74 Å². The molecule has 0 aromatic heterocycles. The summed E-state index contributed by atoms with van der Waals surface area (Å²) < 4.78 is 6.04. The molecule has 2 aromatic rings. The Kier molecular flexibility index (Phi) is 4.96. The van der Waals surface area contributed by atoms with Crippen molar-refractivity contribution in [3.05, 3.63) is 83.9 Å². The maximum atomic E-state index is 13.2. The molecule has 1 aliphatic heterocycles. The molecule has 2 atom stereocenters. The Morgan fingerprint density at radius 1 is 1.15 bits per heavy atom. The first kappa shape index (κ1) is 19.3. The van der Waals surface area contributed by atoms with Crippen LogP contribution in [0.15, 0.2) is 67.3 Å². The fraction of sp³-hybridized carbons (Fsp3) is 0.304.